The highest BCUT2D eigenvalue weighted by Crippen LogP contribution is 2.58. The van der Waals surface area contributed by atoms with Gasteiger partial charge in [-0.05, 0) is 228 Å². The van der Waals surface area contributed by atoms with E-state index in [0.29, 0.717) is 50.6 Å². The van der Waals surface area contributed by atoms with Crippen molar-refractivity contribution in [3.05, 3.63) is 411 Å². The summed E-state index contributed by atoms with van der Waals surface area (Å²) in [5.41, 5.74) is 7.99. The van der Waals surface area contributed by atoms with Crippen LogP contribution < -0.4 is 14.2 Å². The van der Waals surface area contributed by atoms with E-state index in [0.717, 1.165) is 82.4 Å². The SMILES string of the molecule is CC#CCOc1ccc2cc(C3(c4ccc(C(c5ccc(C6(c7ccc8cc(OCC#CC)ccc8c7)c7ccccc7S(=O)(=O)c7ccccc76)cc5)c5ccc(C6(c7ccc8cc(OCC#CC)ccc8c7)c7ccccc7S(=O)(=O)c7ccccc76)cc5)cc4)c4ccccc4S(=O)(=O)c4ccccc43)ccc2c1. The molecule has 542 valence electrons. The molecule has 18 rings (SSSR count). The molecule has 15 aromatic carbocycles. The van der Waals surface area contributed by atoms with E-state index >= 15 is 25.3 Å². The molecular formula is C100H70O9S3. The minimum Gasteiger partial charge on any atom is -0.481 e. The zero-order chi connectivity index (χ0) is 76.6. The average Bonchev–Trinajstić information content (AvgIpc) is 0.701. The molecule has 12 heteroatoms. The van der Waals surface area contributed by atoms with Crippen molar-refractivity contribution in [2.24, 2.45) is 0 Å². The molecule has 3 aliphatic heterocycles. The van der Waals surface area contributed by atoms with Gasteiger partial charge >= 0.3 is 0 Å². The van der Waals surface area contributed by atoms with Crippen LogP contribution in [0.4, 0.5) is 0 Å². The molecule has 0 saturated heterocycles. The molecule has 0 bridgehead atoms. The molecule has 0 N–H and O–H groups in total. The van der Waals surface area contributed by atoms with Crippen molar-refractivity contribution in [2.45, 2.75) is 72.3 Å². The Morgan fingerprint density at radius 3 is 0.688 bits per heavy atom. The van der Waals surface area contributed by atoms with E-state index in [-0.39, 0.29) is 49.2 Å². The lowest BCUT2D eigenvalue weighted by atomic mass is 9.64. The fraction of sp³-hybridized carbons (Fsp3) is 0.100. The number of rotatable bonds is 15. The van der Waals surface area contributed by atoms with Gasteiger partial charge < -0.3 is 14.2 Å². The standard InChI is InChI=1S/C100H70O9S3/c1-4-7-58-107-82-55-43-70-61-79(52-40-73(70)64-82)98(85-22-10-16-28-91(85)110(101,102)92-29-17-11-23-86(92)98)76-46-34-67(35-47-76)97(68-36-48-77(49-37-68)99(80-53-41-74-65-83(108-59-8-5-2)56-44-71(74)62-80)87-24-12-18-30-93(87)111(103,104)94-31-19-13-25-88(94)99)69-38-50-78(51-39-69)100(81-54-42-75-66-84(109-60-9-6-3)57-45-72(75)63-81)89-26-14-20-32-95(89)112(105,106)96-33-21-15-27-90(96)100/h10-57,61-66,97H,58-60H2,1-3H3. The maximum Gasteiger partial charge on any atom is 0.207 e. The number of ether oxygens (including phenoxy) is 3. The van der Waals surface area contributed by atoms with E-state index in [2.05, 4.69) is 163 Å². The molecule has 3 aliphatic rings. The number of fused-ring (bicyclic) bond motifs is 9. The lowest BCUT2D eigenvalue weighted by Gasteiger charge is -2.42. The molecule has 0 fully saturated rings. The molecule has 0 atom stereocenters. The van der Waals surface area contributed by atoms with Crippen LogP contribution in [0.2, 0.25) is 0 Å². The largest absolute Gasteiger partial charge is 0.481 e. The maximum atomic E-state index is 15.1. The summed E-state index contributed by atoms with van der Waals surface area (Å²) in [4.78, 5) is 1.31. The van der Waals surface area contributed by atoms with Crippen LogP contribution in [0.5, 0.6) is 17.2 Å². The molecule has 0 aromatic heterocycles. The van der Waals surface area contributed by atoms with Crippen LogP contribution in [0.25, 0.3) is 32.3 Å². The fourth-order valence-corrected chi connectivity index (χ4v) is 23.1. The Morgan fingerprint density at radius 2 is 0.455 bits per heavy atom. The normalized spacial score (nSPS) is 15.0. The van der Waals surface area contributed by atoms with Crippen molar-refractivity contribution in [1.82, 2.24) is 0 Å². The molecule has 0 amide bonds. The van der Waals surface area contributed by atoms with Crippen molar-refractivity contribution in [1.29, 1.82) is 0 Å². The number of hydrogen-bond donors (Lipinski definition) is 0. The summed E-state index contributed by atoms with van der Waals surface area (Å²) in [6.45, 7) is 6.09. The summed E-state index contributed by atoms with van der Waals surface area (Å²) in [5, 5.41) is 5.61. The van der Waals surface area contributed by atoms with Crippen molar-refractivity contribution in [3.8, 4) is 52.8 Å². The molecule has 0 spiro atoms. The summed E-state index contributed by atoms with van der Waals surface area (Å²) in [7, 11) is -12.1. The van der Waals surface area contributed by atoms with E-state index in [1.165, 1.54) is 0 Å². The quantitative estimate of drug-likeness (QED) is 0.0727. The Kier molecular flexibility index (Phi) is 17.6. The van der Waals surface area contributed by atoms with E-state index < -0.39 is 51.7 Å². The van der Waals surface area contributed by atoms with Gasteiger partial charge in [0.15, 0.2) is 0 Å². The van der Waals surface area contributed by atoms with Gasteiger partial charge in [-0.2, -0.15) is 0 Å². The van der Waals surface area contributed by atoms with Crippen LogP contribution in [0.3, 0.4) is 0 Å². The van der Waals surface area contributed by atoms with Crippen LogP contribution in [0.15, 0.2) is 357 Å². The minimum absolute atomic E-state index is 0.218. The average molecular weight is 1510 g/mol. The van der Waals surface area contributed by atoms with E-state index in [4.69, 9.17) is 14.2 Å². The molecule has 112 heavy (non-hydrogen) atoms. The Balaban J connectivity index is 0.854. The van der Waals surface area contributed by atoms with Gasteiger partial charge in [-0.25, -0.2) is 25.3 Å². The predicted octanol–water partition coefficient (Wildman–Crippen LogP) is 20.1. The van der Waals surface area contributed by atoms with Crippen molar-refractivity contribution in [3.63, 3.8) is 0 Å². The second-order valence-electron chi connectivity index (χ2n) is 28.4. The van der Waals surface area contributed by atoms with E-state index in [1.54, 1.807) is 93.6 Å². The van der Waals surface area contributed by atoms with Gasteiger partial charge in [-0.1, -0.05) is 254 Å². The first-order valence-electron chi connectivity index (χ1n) is 37.0. The van der Waals surface area contributed by atoms with Crippen LogP contribution in [-0.4, -0.2) is 45.1 Å². The lowest BCUT2D eigenvalue weighted by Crippen LogP contribution is -2.37. The summed E-state index contributed by atoms with van der Waals surface area (Å²) in [6, 6.07) is 107. The summed E-state index contributed by atoms with van der Waals surface area (Å²) in [6.07, 6.45) is 0. The summed E-state index contributed by atoms with van der Waals surface area (Å²) < 4.78 is 109. The van der Waals surface area contributed by atoms with Gasteiger partial charge in [0.2, 0.25) is 29.5 Å². The molecule has 0 saturated carbocycles. The first kappa shape index (κ1) is 70.7. The maximum absolute atomic E-state index is 15.1. The van der Waals surface area contributed by atoms with Gasteiger partial charge in [-0.3, -0.25) is 0 Å². The summed E-state index contributed by atoms with van der Waals surface area (Å²) >= 11 is 0. The number of sulfone groups is 3. The van der Waals surface area contributed by atoms with Gasteiger partial charge in [-0.15, -0.1) is 17.8 Å². The smallest absolute Gasteiger partial charge is 0.207 e. The fourth-order valence-electron chi connectivity index (χ4n) is 17.8. The zero-order valence-electron chi connectivity index (χ0n) is 61.3. The minimum atomic E-state index is -4.02. The first-order valence-corrected chi connectivity index (χ1v) is 41.4. The molecule has 3 heterocycles. The van der Waals surface area contributed by atoms with Crippen LogP contribution in [-0.2, 0) is 45.8 Å². The van der Waals surface area contributed by atoms with E-state index in [1.807, 2.05) is 127 Å². The number of hydrogen-bond acceptors (Lipinski definition) is 9. The number of benzene rings is 15. The van der Waals surface area contributed by atoms with Gasteiger partial charge in [0.1, 0.15) is 37.1 Å². The Bertz CT molecular complexity index is 6120. The highest BCUT2D eigenvalue weighted by Gasteiger charge is 2.52. The highest BCUT2D eigenvalue weighted by molar-refractivity contribution is 7.92. The Hall–Kier alpha value is -13.0. The topological polar surface area (TPSA) is 130 Å². The van der Waals surface area contributed by atoms with Crippen molar-refractivity contribution >= 4 is 61.8 Å². The third kappa shape index (κ3) is 11.1. The van der Waals surface area contributed by atoms with Crippen LogP contribution in [0, 0.1) is 35.5 Å². The Morgan fingerprint density at radius 1 is 0.250 bits per heavy atom. The Labute approximate surface area is 652 Å². The van der Waals surface area contributed by atoms with Crippen molar-refractivity contribution < 1.29 is 39.5 Å². The molecular weight excluding hydrogens is 1440 g/mol. The van der Waals surface area contributed by atoms with Crippen LogP contribution in [0.1, 0.15) is 110 Å². The predicted molar refractivity (Wildman–Crippen MR) is 441 cm³/mol. The summed E-state index contributed by atoms with van der Waals surface area (Å²) in [5.74, 6) is 19.2. The molecule has 0 aliphatic carbocycles. The highest BCUT2D eigenvalue weighted by atomic mass is 32.2. The van der Waals surface area contributed by atoms with Gasteiger partial charge in [0, 0.05) is 5.92 Å². The van der Waals surface area contributed by atoms with Gasteiger partial charge in [0.25, 0.3) is 0 Å². The zero-order valence-corrected chi connectivity index (χ0v) is 63.7. The third-order valence-electron chi connectivity index (χ3n) is 22.7. The van der Waals surface area contributed by atoms with Gasteiger partial charge in [0.05, 0.1) is 45.6 Å². The first-order chi connectivity index (χ1) is 54.6. The van der Waals surface area contributed by atoms with Crippen LogP contribution >= 0.6 is 0 Å². The molecule has 0 radical (unpaired) electrons. The monoisotopic (exact) mass is 1510 g/mol. The van der Waals surface area contributed by atoms with Crippen molar-refractivity contribution in [2.75, 3.05) is 19.8 Å². The second-order valence-corrected chi connectivity index (χ2v) is 34.0. The molecule has 15 aromatic rings. The second kappa shape index (κ2) is 27.8. The lowest BCUT2D eigenvalue weighted by molar-refractivity contribution is 0.370. The third-order valence-corrected chi connectivity index (χ3v) is 28.3. The molecule has 9 nitrogen and oxygen atoms in total. The van der Waals surface area contributed by atoms with E-state index in [9.17, 15) is 0 Å². The molecule has 0 unspecified atom stereocenters.